The average molecular weight is 255 g/mol. The van der Waals surface area contributed by atoms with Gasteiger partial charge < -0.3 is 4.74 Å². The third-order valence-corrected chi connectivity index (χ3v) is 1.65. The highest BCUT2D eigenvalue weighted by molar-refractivity contribution is 5.44. The van der Waals surface area contributed by atoms with Gasteiger partial charge in [-0.15, -0.1) is 13.2 Å². The molecule has 1 aromatic carbocycles. The zero-order valence-electron chi connectivity index (χ0n) is 7.86. The molecule has 0 spiro atoms. The van der Waals surface area contributed by atoms with Gasteiger partial charge in [-0.25, -0.2) is 0 Å². The highest BCUT2D eigenvalue weighted by Crippen LogP contribution is 2.35. The van der Waals surface area contributed by atoms with E-state index >= 15 is 0 Å². The standard InChI is InChI=1S/C9H3F6NO/c10-8(11,12)7-3-6(17-9(13,14)15)2-1-5(7)4-16/h1-3H. The van der Waals surface area contributed by atoms with Crippen molar-refractivity contribution < 1.29 is 31.1 Å². The van der Waals surface area contributed by atoms with Crippen molar-refractivity contribution >= 4 is 0 Å². The van der Waals surface area contributed by atoms with Gasteiger partial charge >= 0.3 is 12.5 Å². The van der Waals surface area contributed by atoms with Crippen LogP contribution in [-0.4, -0.2) is 6.36 Å². The van der Waals surface area contributed by atoms with Crippen molar-refractivity contribution in [1.29, 1.82) is 5.26 Å². The van der Waals surface area contributed by atoms with E-state index < -0.39 is 29.4 Å². The van der Waals surface area contributed by atoms with Gasteiger partial charge in [0.15, 0.2) is 0 Å². The zero-order chi connectivity index (χ0) is 13.3. The molecular weight excluding hydrogens is 252 g/mol. The van der Waals surface area contributed by atoms with Crippen molar-refractivity contribution in [3.63, 3.8) is 0 Å². The summed E-state index contributed by atoms with van der Waals surface area (Å²) < 4.78 is 75.8. The minimum Gasteiger partial charge on any atom is -0.406 e. The number of ether oxygens (including phenoxy) is 1. The fourth-order valence-electron chi connectivity index (χ4n) is 1.05. The van der Waals surface area contributed by atoms with Crippen LogP contribution in [0.2, 0.25) is 0 Å². The van der Waals surface area contributed by atoms with E-state index in [1.807, 2.05) is 0 Å². The monoisotopic (exact) mass is 255 g/mol. The van der Waals surface area contributed by atoms with Gasteiger partial charge in [0.05, 0.1) is 17.2 Å². The van der Waals surface area contributed by atoms with Crippen LogP contribution < -0.4 is 4.74 Å². The molecule has 1 rings (SSSR count). The highest BCUT2D eigenvalue weighted by Gasteiger charge is 2.36. The van der Waals surface area contributed by atoms with Crippen LogP contribution in [0.3, 0.4) is 0 Å². The number of alkyl halides is 6. The van der Waals surface area contributed by atoms with E-state index in [2.05, 4.69) is 4.74 Å². The number of nitrogens with zero attached hydrogens (tertiary/aromatic N) is 1. The number of nitriles is 1. The summed E-state index contributed by atoms with van der Waals surface area (Å²) in [5.41, 5.74) is -2.24. The molecule has 2 nitrogen and oxygen atoms in total. The van der Waals surface area contributed by atoms with Crippen LogP contribution >= 0.6 is 0 Å². The SMILES string of the molecule is N#Cc1ccc(OC(F)(F)F)cc1C(F)(F)F. The Balaban J connectivity index is 3.20. The largest absolute Gasteiger partial charge is 0.573 e. The van der Waals surface area contributed by atoms with Crippen molar-refractivity contribution in [2.45, 2.75) is 12.5 Å². The lowest BCUT2D eigenvalue weighted by Gasteiger charge is -2.12. The van der Waals surface area contributed by atoms with Crippen molar-refractivity contribution in [1.82, 2.24) is 0 Å². The van der Waals surface area contributed by atoms with E-state index in [0.29, 0.717) is 12.1 Å². The Kier molecular flexibility index (Phi) is 3.22. The predicted octanol–water partition coefficient (Wildman–Crippen LogP) is 3.48. The minimum absolute atomic E-state index is 0.131. The Labute approximate surface area is 91.0 Å². The predicted molar refractivity (Wildman–Crippen MR) is 42.8 cm³/mol. The molecule has 0 aliphatic heterocycles. The van der Waals surface area contributed by atoms with Gasteiger partial charge in [-0.2, -0.15) is 18.4 Å². The first-order chi connectivity index (χ1) is 7.63. The molecule has 0 unspecified atom stereocenters. The molecule has 8 heteroatoms. The first-order valence-electron chi connectivity index (χ1n) is 4.00. The molecule has 0 aliphatic rings. The normalized spacial score (nSPS) is 12.1. The second-order valence-electron chi connectivity index (χ2n) is 2.86. The smallest absolute Gasteiger partial charge is 0.406 e. The molecule has 1 aromatic rings. The summed E-state index contributed by atoms with van der Waals surface area (Å²) in [6.07, 6.45) is -10.0. The molecule has 0 heterocycles. The molecule has 0 radical (unpaired) electrons. The van der Waals surface area contributed by atoms with Crippen LogP contribution in [0.25, 0.3) is 0 Å². The maximum atomic E-state index is 12.4. The molecule has 0 aliphatic carbocycles. The summed E-state index contributed by atoms with van der Waals surface area (Å²) in [6.45, 7) is 0. The maximum Gasteiger partial charge on any atom is 0.573 e. The second kappa shape index (κ2) is 4.16. The molecule has 17 heavy (non-hydrogen) atoms. The van der Waals surface area contributed by atoms with Crippen LogP contribution in [0.5, 0.6) is 5.75 Å². The molecule has 0 N–H and O–H groups in total. The van der Waals surface area contributed by atoms with Crippen molar-refractivity contribution in [3.05, 3.63) is 29.3 Å². The lowest BCUT2D eigenvalue weighted by atomic mass is 10.1. The fourth-order valence-corrected chi connectivity index (χ4v) is 1.05. The maximum absolute atomic E-state index is 12.4. The van der Waals surface area contributed by atoms with Crippen molar-refractivity contribution in [2.75, 3.05) is 0 Å². The third kappa shape index (κ3) is 3.55. The molecule has 0 bridgehead atoms. The number of hydrogen-bond donors (Lipinski definition) is 0. The van der Waals surface area contributed by atoms with Crippen LogP contribution in [0.1, 0.15) is 11.1 Å². The zero-order valence-corrected chi connectivity index (χ0v) is 7.86. The van der Waals surface area contributed by atoms with Gasteiger partial charge in [-0.3, -0.25) is 0 Å². The number of rotatable bonds is 1. The van der Waals surface area contributed by atoms with E-state index in [1.165, 1.54) is 6.07 Å². The summed E-state index contributed by atoms with van der Waals surface area (Å²) >= 11 is 0. The van der Waals surface area contributed by atoms with E-state index in [9.17, 15) is 26.3 Å². The molecule has 0 aromatic heterocycles. The molecule has 0 saturated carbocycles. The average Bonchev–Trinajstić information content (AvgIpc) is 2.13. The summed E-state index contributed by atoms with van der Waals surface area (Å²) in [4.78, 5) is 0. The molecule has 0 saturated heterocycles. The number of halogens is 6. The topological polar surface area (TPSA) is 33.0 Å². The van der Waals surface area contributed by atoms with Crippen LogP contribution in [0.4, 0.5) is 26.3 Å². The van der Waals surface area contributed by atoms with Gasteiger partial charge in [-0.05, 0) is 18.2 Å². The van der Waals surface area contributed by atoms with E-state index in [1.54, 1.807) is 0 Å². The Hall–Kier alpha value is -1.91. The van der Waals surface area contributed by atoms with Gasteiger partial charge in [0.1, 0.15) is 5.75 Å². The van der Waals surface area contributed by atoms with Crippen LogP contribution in [0.15, 0.2) is 18.2 Å². The fraction of sp³-hybridized carbons (Fsp3) is 0.222. The van der Waals surface area contributed by atoms with Gasteiger partial charge in [0, 0.05) is 0 Å². The van der Waals surface area contributed by atoms with Crippen LogP contribution in [0, 0.1) is 11.3 Å². The highest BCUT2D eigenvalue weighted by atomic mass is 19.4. The van der Waals surface area contributed by atoms with Gasteiger partial charge in [0.25, 0.3) is 0 Å². The minimum atomic E-state index is -5.09. The summed E-state index contributed by atoms with van der Waals surface area (Å²) in [5, 5.41) is 8.39. The van der Waals surface area contributed by atoms with Gasteiger partial charge in [0.2, 0.25) is 0 Å². The van der Waals surface area contributed by atoms with Crippen LogP contribution in [-0.2, 0) is 6.18 Å². The second-order valence-corrected chi connectivity index (χ2v) is 2.86. The Morgan fingerprint density at radius 3 is 2.06 bits per heavy atom. The number of benzene rings is 1. The lowest BCUT2D eigenvalue weighted by molar-refractivity contribution is -0.274. The quantitative estimate of drug-likeness (QED) is 0.720. The van der Waals surface area contributed by atoms with Crippen molar-refractivity contribution in [3.8, 4) is 11.8 Å². The first kappa shape index (κ1) is 13.2. The Bertz CT molecular complexity index is 456. The lowest BCUT2D eigenvalue weighted by Crippen LogP contribution is -2.18. The van der Waals surface area contributed by atoms with E-state index in [-0.39, 0.29) is 6.07 Å². The number of hydrogen-bond acceptors (Lipinski definition) is 2. The molecule has 0 amide bonds. The molecule has 0 fully saturated rings. The third-order valence-electron chi connectivity index (χ3n) is 1.65. The summed E-state index contributed by atoms with van der Waals surface area (Å²) in [6, 6.07) is 2.62. The first-order valence-corrected chi connectivity index (χ1v) is 4.00. The van der Waals surface area contributed by atoms with E-state index in [4.69, 9.17) is 5.26 Å². The van der Waals surface area contributed by atoms with Gasteiger partial charge in [-0.1, -0.05) is 0 Å². The molecule has 0 atom stereocenters. The summed E-state index contributed by atoms with van der Waals surface area (Å²) in [7, 11) is 0. The Morgan fingerprint density at radius 1 is 1.06 bits per heavy atom. The van der Waals surface area contributed by atoms with E-state index in [0.717, 1.165) is 0 Å². The summed E-state index contributed by atoms with van der Waals surface area (Å²) in [5.74, 6) is -1.02. The Morgan fingerprint density at radius 2 is 1.65 bits per heavy atom. The molecule has 92 valence electrons. The molecular formula is C9H3F6NO. The van der Waals surface area contributed by atoms with Crippen molar-refractivity contribution in [2.24, 2.45) is 0 Å².